The number of nitrogens with zero attached hydrogens (tertiary/aromatic N) is 1. The summed E-state index contributed by atoms with van der Waals surface area (Å²) < 4.78 is 37.1. The molecule has 4 N–H and O–H groups in total. The second kappa shape index (κ2) is 8.90. The Kier molecular flexibility index (Phi) is 6.17. The molecule has 0 saturated heterocycles. The van der Waals surface area contributed by atoms with Crippen LogP contribution in [0.2, 0.25) is 0 Å². The van der Waals surface area contributed by atoms with Crippen LogP contribution in [0.15, 0.2) is 85.9 Å². The number of benzene rings is 2. The average molecular weight is 557 g/mol. The molecule has 10 nitrogen and oxygen atoms in total. The third-order valence-corrected chi connectivity index (χ3v) is 8.58. The van der Waals surface area contributed by atoms with Crippen molar-refractivity contribution in [3.63, 3.8) is 0 Å². The van der Waals surface area contributed by atoms with Gasteiger partial charge in [0.25, 0.3) is 10.1 Å². The number of nitrogens with one attached hydrogen (secondary N) is 1. The van der Waals surface area contributed by atoms with E-state index in [0.29, 0.717) is 33.2 Å². The number of aliphatic imine (C=N–C) groups is 1. The molecule has 2 aromatic carbocycles. The van der Waals surface area contributed by atoms with E-state index in [1.807, 2.05) is 33.8 Å². The number of carbonyl (C=O) groups excluding carboxylic acids is 1. The number of fused-ring (bicyclic) bond motifs is 2. The standard InChI is InChI=1S/C26H24N2O8S2/c1-25(2)17-9-13(37-36-35-31)5-7-19(17)27-21(25)11-15-23(29)16(24(15)30)12-22-26(3,4)18-10-14(38(32,33)34)6-8-20(18)28-22/h5-12,28-29,31H,1-4H3,(H,32,33,34)/b15-11?,22-12+. The maximum Gasteiger partial charge on any atom is 0.294 e. The third kappa shape index (κ3) is 4.19. The van der Waals surface area contributed by atoms with E-state index >= 15 is 0 Å². The molecule has 2 heterocycles. The van der Waals surface area contributed by atoms with E-state index in [2.05, 4.69) is 19.7 Å². The number of aliphatic hydroxyl groups is 1. The summed E-state index contributed by atoms with van der Waals surface area (Å²) in [5.74, 6) is -0.504. The van der Waals surface area contributed by atoms with Gasteiger partial charge in [0.05, 0.1) is 39.5 Å². The topological polar surface area (TPSA) is 155 Å². The molecule has 2 aliphatic heterocycles. The average Bonchev–Trinajstić information content (AvgIpc) is 3.26. The molecule has 0 fully saturated rings. The maximum absolute atomic E-state index is 13.1. The van der Waals surface area contributed by atoms with Crippen molar-refractivity contribution in [2.24, 2.45) is 4.99 Å². The van der Waals surface area contributed by atoms with Gasteiger partial charge in [-0.2, -0.15) is 8.42 Å². The highest BCUT2D eigenvalue weighted by Crippen LogP contribution is 2.46. The first-order valence-electron chi connectivity index (χ1n) is 11.4. The van der Waals surface area contributed by atoms with Gasteiger partial charge in [-0.05, 0) is 59.7 Å². The lowest BCUT2D eigenvalue weighted by atomic mass is 9.77. The minimum atomic E-state index is -4.37. The van der Waals surface area contributed by atoms with E-state index in [9.17, 15) is 22.9 Å². The zero-order valence-electron chi connectivity index (χ0n) is 20.8. The lowest BCUT2D eigenvalue weighted by molar-refractivity contribution is -0.432. The molecular formula is C26H24N2O8S2. The fraction of sp³-hybridized carbons (Fsp3) is 0.231. The van der Waals surface area contributed by atoms with Crippen LogP contribution in [0.5, 0.6) is 0 Å². The molecule has 0 saturated carbocycles. The summed E-state index contributed by atoms with van der Waals surface area (Å²) in [4.78, 5) is 18.2. The van der Waals surface area contributed by atoms with Crippen LogP contribution in [0.4, 0.5) is 11.4 Å². The molecule has 0 spiro atoms. The van der Waals surface area contributed by atoms with Gasteiger partial charge in [0, 0.05) is 27.1 Å². The second-order valence-electron chi connectivity index (χ2n) is 10.2. The monoisotopic (exact) mass is 556 g/mol. The van der Waals surface area contributed by atoms with Gasteiger partial charge in [0.15, 0.2) is 0 Å². The van der Waals surface area contributed by atoms with E-state index < -0.39 is 20.9 Å². The number of rotatable bonds is 6. The highest BCUT2D eigenvalue weighted by Gasteiger charge is 2.41. The van der Waals surface area contributed by atoms with Crippen molar-refractivity contribution in [3.05, 3.63) is 82.3 Å². The molecule has 0 unspecified atom stereocenters. The first-order chi connectivity index (χ1) is 17.7. The molecule has 0 radical (unpaired) electrons. The lowest BCUT2D eigenvalue weighted by Gasteiger charge is -2.25. The summed E-state index contributed by atoms with van der Waals surface area (Å²) in [6.45, 7) is 7.59. The van der Waals surface area contributed by atoms with Gasteiger partial charge < -0.3 is 10.4 Å². The number of aliphatic hydroxyl groups excluding tert-OH is 1. The zero-order valence-corrected chi connectivity index (χ0v) is 22.4. The van der Waals surface area contributed by atoms with Gasteiger partial charge >= 0.3 is 0 Å². The minimum Gasteiger partial charge on any atom is -0.506 e. The first-order valence-corrected chi connectivity index (χ1v) is 13.6. The Balaban J connectivity index is 1.44. The molecule has 2 aromatic rings. The quantitative estimate of drug-likeness (QED) is 0.121. The molecule has 12 heteroatoms. The summed E-state index contributed by atoms with van der Waals surface area (Å²) in [6, 6.07) is 9.63. The number of ketones is 1. The van der Waals surface area contributed by atoms with E-state index in [-0.39, 0.29) is 27.6 Å². The minimum absolute atomic E-state index is 0.128. The van der Waals surface area contributed by atoms with Crippen LogP contribution in [0, 0.1) is 0 Å². The van der Waals surface area contributed by atoms with Crippen molar-refractivity contribution < 1.29 is 37.5 Å². The molecule has 0 aromatic heterocycles. The largest absolute Gasteiger partial charge is 0.506 e. The van der Waals surface area contributed by atoms with E-state index in [1.165, 1.54) is 12.1 Å². The molecule has 0 amide bonds. The van der Waals surface area contributed by atoms with Crippen molar-refractivity contribution in [1.82, 2.24) is 0 Å². The number of hydrogen-bond donors (Lipinski definition) is 4. The summed E-state index contributed by atoms with van der Waals surface area (Å²) in [5.41, 5.74) is 3.05. The molecule has 38 heavy (non-hydrogen) atoms. The van der Waals surface area contributed by atoms with Crippen LogP contribution in [-0.4, -0.2) is 34.8 Å². The Bertz CT molecular complexity index is 1630. The number of hydrogen-bond acceptors (Lipinski definition) is 10. The third-order valence-electron chi connectivity index (χ3n) is 7.16. The Morgan fingerprint density at radius 1 is 1.03 bits per heavy atom. The maximum atomic E-state index is 13.1. The highest BCUT2D eigenvalue weighted by molar-refractivity contribution is 7.94. The Morgan fingerprint density at radius 2 is 1.76 bits per heavy atom. The predicted octanol–water partition coefficient (Wildman–Crippen LogP) is 5.33. The van der Waals surface area contributed by atoms with Crippen LogP contribution in [0.25, 0.3) is 0 Å². The van der Waals surface area contributed by atoms with Crippen molar-refractivity contribution >= 4 is 45.0 Å². The number of allylic oxidation sites excluding steroid dienone is 5. The fourth-order valence-corrected chi connectivity index (χ4v) is 5.71. The highest BCUT2D eigenvalue weighted by atomic mass is 32.2. The van der Waals surface area contributed by atoms with Crippen LogP contribution >= 0.6 is 12.0 Å². The first kappa shape index (κ1) is 26.4. The van der Waals surface area contributed by atoms with Crippen molar-refractivity contribution in [2.45, 2.75) is 48.3 Å². The molecule has 0 bridgehead atoms. The molecule has 0 atom stereocenters. The van der Waals surface area contributed by atoms with E-state index in [4.69, 9.17) is 5.26 Å². The number of carbonyl (C=O) groups is 1. The summed E-state index contributed by atoms with van der Waals surface area (Å²) in [7, 11) is -4.37. The molecular weight excluding hydrogens is 532 g/mol. The van der Waals surface area contributed by atoms with Crippen LogP contribution in [-0.2, 0) is 35.1 Å². The van der Waals surface area contributed by atoms with E-state index in [0.717, 1.165) is 17.6 Å². The molecule has 1 aliphatic carbocycles. The SMILES string of the molecule is CC1(C)C(C=C2C(=O)C(/C=C3/Nc4ccc(S(=O)(=O)O)cc4C3(C)C)=C2O)=Nc2ccc(SOOO)cc21. The molecule has 5 rings (SSSR count). The summed E-state index contributed by atoms with van der Waals surface area (Å²) in [5, 5.41) is 26.1. The van der Waals surface area contributed by atoms with Crippen molar-refractivity contribution in [2.75, 3.05) is 5.32 Å². The van der Waals surface area contributed by atoms with Crippen LogP contribution < -0.4 is 5.32 Å². The van der Waals surface area contributed by atoms with Gasteiger partial charge in [0.2, 0.25) is 5.78 Å². The summed E-state index contributed by atoms with van der Waals surface area (Å²) >= 11 is 0.837. The number of anilines is 1. The van der Waals surface area contributed by atoms with Crippen LogP contribution in [0.3, 0.4) is 0 Å². The van der Waals surface area contributed by atoms with Gasteiger partial charge in [0.1, 0.15) is 5.76 Å². The smallest absolute Gasteiger partial charge is 0.294 e. The molecule has 198 valence electrons. The Labute approximate surface area is 223 Å². The van der Waals surface area contributed by atoms with Crippen LogP contribution in [0.1, 0.15) is 38.8 Å². The second-order valence-corrected chi connectivity index (χ2v) is 12.4. The molecule has 3 aliphatic rings. The van der Waals surface area contributed by atoms with Gasteiger partial charge in [-0.1, -0.05) is 32.7 Å². The van der Waals surface area contributed by atoms with Gasteiger partial charge in [-0.25, -0.2) is 5.26 Å². The summed E-state index contributed by atoms with van der Waals surface area (Å²) in [6.07, 6.45) is 3.14. The van der Waals surface area contributed by atoms with Crippen molar-refractivity contribution in [3.8, 4) is 0 Å². The number of Topliss-reactive ketones (excluding diaryl/α,β-unsaturated/α-hetero) is 1. The lowest BCUT2D eigenvalue weighted by Crippen LogP contribution is -2.28. The predicted molar refractivity (Wildman–Crippen MR) is 141 cm³/mol. The zero-order chi connectivity index (χ0) is 27.6. The Morgan fingerprint density at radius 3 is 2.42 bits per heavy atom. The normalized spacial score (nSPS) is 21.3. The fourth-order valence-electron chi connectivity index (χ4n) is 4.80. The van der Waals surface area contributed by atoms with Gasteiger partial charge in [-0.3, -0.25) is 14.3 Å². The van der Waals surface area contributed by atoms with Gasteiger partial charge in [-0.15, -0.1) is 4.33 Å². The van der Waals surface area contributed by atoms with E-state index in [1.54, 1.807) is 30.4 Å². The van der Waals surface area contributed by atoms with Crippen molar-refractivity contribution in [1.29, 1.82) is 0 Å². The Hall–Kier alpha value is -3.26.